The number of hydrogen-bond acceptors (Lipinski definition) is 4. The molecule has 1 heterocycles. The number of aliphatic hydroxyl groups excluding tert-OH is 1. The van der Waals surface area contributed by atoms with E-state index < -0.39 is 0 Å². The van der Waals surface area contributed by atoms with Gasteiger partial charge in [0.1, 0.15) is 0 Å². The summed E-state index contributed by atoms with van der Waals surface area (Å²) >= 11 is 0. The Morgan fingerprint density at radius 3 is 2.62 bits per heavy atom. The molecule has 1 rings (SSSR count). The summed E-state index contributed by atoms with van der Waals surface area (Å²) in [6.45, 7) is 9.05. The Kier molecular flexibility index (Phi) is 5.18. The number of nitrogens with zero attached hydrogens (tertiary/aromatic N) is 2. The molecule has 1 fully saturated rings. The minimum atomic E-state index is -0.132. The predicted octanol–water partition coefficient (Wildman–Crippen LogP) is -0.0172. The lowest BCUT2D eigenvalue weighted by atomic mass is 9.98. The summed E-state index contributed by atoms with van der Waals surface area (Å²) in [5.41, 5.74) is -0.132. The van der Waals surface area contributed by atoms with Crippen molar-refractivity contribution in [1.82, 2.24) is 15.1 Å². The SMILES string of the molecule is CNC(C)(CO)CCN1CCN(C)C(C)C1. The summed E-state index contributed by atoms with van der Waals surface area (Å²) < 4.78 is 0. The fraction of sp³-hybridized carbons (Fsp3) is 1.00. The van der Waals surface area contributed by atoms with E-state index >= 15 is 0 Å². The lowest BCUT2D eigenvalue weighted by molar-refractivity contribution is 0.0883. The standard InChI is InChI=1S/C12H27N3O/c1-11-9-15(8-7-14(11)4)6-5-12(2,10-16)13-3/h11,13,16H,5-10H2,1-4H3. The first-order chi connectivity index (χ1) is 7.50. The number of rotatable bonds is 5. The van der Waals surface area contributed by atoms with Crippen LogP contribution in [-0.4, -0.2) is 73.4 Å². The first-order valence-corrected chi connectivity index (χ1v) is 6.23. The first-order valence-electron chi connectivity index (χ1n) is 6.23. The minimum absolute atomic E-state index is 0.132. The van der Waals surface area contributed by atoms with Gasteiger partial charge in [0.25, 0.3) is 0 Å². The molecular formula is C12H27N3O. The molecule has 4 heteroatoms. The van der Waals surface area contributed by atoms with E-state index in [1.807, 2.05) is 7.05 Å². The smallest absolute Gasteiger partial charge is 0.0610 e. The molecule has 0 radical (unpaired) electrons. The van der Waals surface area contributed by atoms with Gasteiger partial charge in [0.2, 0.25) is 0 Å². The number of likely N-dealkylation sites (N-methyl/N-ethyl adjacent to an activating group) is 2. The van der Waals surface area contributed by atoms with Gasteiger partial charge in [0.15, 0.2) is 0 Å². The van der Waals surface area contributed by atoms with Gasteiger partial charge in [-0.25, -0.2) is 0 Å². The van der Waals surface area contributed by atoms with Gasteiger partial charge in [-0.15, -0.1) is 0 Å². The molecule has 1 aliphatic rings. The fourth-order valence-electron chi connectivity index (χ4n) is 2.01. The van der Waals surface area contributed by atoms with Crippen LogP contribution in [0, 0.1) is 0 Å². The van der Waals surface area contributed by atoms with Crippen molar-refractivity contribution in [2.75, 3.05) is 46.9 Å². The third-order valence-corrected chi connectivity index (χ3v) is 3.98. The van der Waals surface area contributed by atoms with Crippen LogP contribution in [0.3, 0.4) is 0 Å². The Hall–Kier alpha value is -0.160. The molecule has 2 unspecified atom stereocenters. The van der Waals surface area contributed by atoms with Crippen molar-refractivity contribution in [3.8, 4) is 0 Å². The van der Waals surface area contributed by atoms with Gasteiger partial charge in [0, 0.05) is 37.8 Å². The molecule has 0 saturated carbocycles. The molecule has 0 spiro atoms. The lowest BCUT2D eigenvalue weighted by Crippen LogP contribution is -2.52. The normalized spacial score (nSPS) is 27.9. The average molecular weight is 229 g/mol. The summed E-state index contributed by atoms with van der Waals surface area (Å²) in [6.07, 6.45) is 0.996. The van der Waals surface area contributed by atoms with E-state index in [2.05, 4.69) is 36.0 Å². The minimum Gasteiger partial charge on any atom is -0.394 e. The summed E-state index contributed by atoms with van der Waals surface area (Å²) in [6, 6.07) is 0.642. The van der Waals surface area contributed by atoms with Crippen molar-refractivity contribution in [3.63, 3.8) is 0 Å². The third kappa shape index (κ3) is 3.70. The lowest BCUT2D eigenvalue weighted by Gasteiger charge is -2.39. The monoisotopic (exact) mass is 229 g/mol. The van der Waals surface area contributed by atoms with E-state index in [0.717, 1.165) is 32.6 Å². The average Bonchev–Trinajstić information content (AvgIpc) is 2.30. The highest BCUT2D eigenvalue weighted by molar-refractivity contribution is 4.84. The largest absolute Gasteiger partial charge is 0.394 e. The summed E-state index contributed by atoms with van der Waals surface area (Å²) in [4.78, 5) is 4.90. The number of hydrogen-bond donors (Lipinski definition) is 2. The second-order valence-corrected chi connectivity index (χ2v) is 5.35. The second-order valence-electron chi connectivity index (χ2n) is 5.35. The Bertz CT molecular complexity index is 206. The molecule has 0 aliphatic carbocycles. The van der Waals surface area contributed by atoms with Gasteiger partial charge in [-0.3, -0.25) is 0 Å². The van der Waals surface area contributed by atoms with Crippen LogP contribution in [0.25, 0.3) is 0 Å². The third-order valence-electron chi connectivity index (χ3n) is 3.98. The molecule has 1 aliphatic heterocycles. The van der Waals surface area contributed by atoms with Crippen molar-refractivity contribution < 1.29 is 5.11 Å². The zero-order valence-corrected chi connectivity index (χ0v) is 11.2. The van der Waals surface area contributed by atoms with E-state index in [1.165, 1.54) is 0 Å². The fourth-order valence-corrected chi connectivity index (χ4v) is 2.01. The van der Waals surface area contributed by atoms with Gasteiger partial charge in [-0.2, -0.15) is 0 Å². The van der Waals surface area contributed by atoms with Crippen LogP contribution >= 0.6 is 0 Å². The Morgan fingerprint density at radius 2 is 2.12 bits per heavy atom. The van der Waals surface area contributed by atoms with E-state index in [-0.39, 0.29) is 12.1 Å². The van der Waals surface area contributed by atoms with Gasteiger partial charge in [0.05, 0.1) is 6.61 Å². The van der Waals surface area contributed by atoms with Gasteiger partial charge in [-0.05, 0) is 34.4 Å². The summed E-state index contributed by atoms with van der Waals surface area (Å²) in [7, 11) is 4.11. The molecule has 2 N–H and O–H groups in total. The molecule has 0 aromatic carbocycles. The predicted molar refractivity (Wildman–Crippen MR) is 67.7 cm³/mol. The Morgan fingerprint density at radius 1 is 1.44 bits per heavy atom. The van der Waals surface area contributed by atoms with Crippen LogP contribution < -0.4 is 5.32 Å². The molecule has 0 amide bonds. The molecule has 4 nitrogen and oxygen atoms in total. The topological polar surface area (TPSA) is 38.7 Å². The van der Waals surface area contributed by atoms with Crippen LogP contribution in [0.1, 0.15) is 20.3 Å². The first kappa shape index (κ1) is 13.9. The van der Waals surface area contributed by atoms with Gasteiger partial charge >= 0.3 is 0 Å². The Balaban J connectivity index is 2.33. The second kappa shape index (κ2) is 5.96. The quantitative estimate of drug-likeness (QED) is 0.695. The van der Waals surface area contributed by atoms with Gasteiger partial charge in [-0.1, -0.05) is 0 Å². The van der Waals surface area contributed by atoms with E-state index in [1.54, 1.807) is 0 Å². The Labute approximate surface area is 99.6 Å². The number of aliphatic hydroxyl groups is 1. The molecule has 96 valence electrons. The van der Waals surface area contributed by atoms with E-state index in [4.69, 9.17) is 0 Å². The maximum Gasteiger partial charge on any atom is 0.0610 e. The van der Waals surface area contributed by atoms with Crippen molar-refractivity contribution in [2.24, 2.45) is 0 Å². The van der Waals surface area contributed by atoms with E-state index in [9.17, 15) is 5.11 Å². The number of piperazine rings is 1. The van der Waals surface area contributed by atoms with Crippen LogP contribution in [0.2, 0.25) is 0 Å². The maximum absolute atomic E-state index is 9.32. The molecule has 2 atom stereocenters. The van der Waals surface area contributed by atoms with Crippen LogP contribution in [0.4, 0.5) is 0 Å². The molecule has 16 heavy (non-hydrogen) atoms. The summed E-state index contributed by atoms with van der Waals surface area (Å²) in [5, 5.41) is 12.5. The molecule has 0 aromatic heterocycles. The van der Waals surface area contributed by atoms with Crippen LogP contribution in [0.15, 0.2) is 0 Å². The maximum atomic E-state index is 9.32. The number of nitrogens with one attached hydrogen (secondary N) is 1. The highest BCUT2D eigenvalue weighted by atomic mass is 16.3. The van der Waals surface area contributed by atoms with Crippen molar-refractivity contribution in [2.45, 2.75) is 31.8 Å². The van der Waals surface area contributed by atoms with E-state index in [0.29, 0.717) is 6.04 Å². The van der Waals surface area contributed by atoms with Crippen molar-refractivity contribution >= 4 is 0 Å². The van der Waals surface area contributed by atoms with Crippen LogP contribution in [0.5, 0.6) is 0 Å². The molecular weight excluding hydrogens is 202 g/mol. The zero-order chi connectivity index (χ0) is 12.2. The zero-order valence-electron chi connectivity index (χ0n) is 11.2. The summed E-state index contributed by atoms with van der Waals surface area (Å²) in [5.74, 6) is 0. The molecule has 0 aromatic rings. The molecule has 0 bridgehead atoms. The molecule has 1 saturated heterocycles. The van der Waals surface area contributed by atoms with Gasteiger partial charge < -0.3 is 20.2 Å². The highest BCUT2D eigenvalue weighted by Crippen LogP contribution is 2.12. The van der Waals surface area contributed by atoms with Crippen LogP contribution in [-0.2, 0) is 0 Å². The van der Waals surface area contributed by atoms with Crippen molar-refractivity contribution in [1.29, 1.82) is 0 Å². The highest BCUT2D eigenvalue weighted by Gasteiger charge is 2.25. The van der Waals surface area contributed by atoms with Crippen molar-refractivity contribution in [3.05, 3.63) is 0 Å².